The number of nitrogens with one attached hydrogen (secondary N) is 2. The van der Waals surface area contributed by atoms with Crippen molar-refractivity contribution in [3.63, 3.8) is 0 Å². The van der Waals surface area contributed by atoms with Crippen molar-refractivity contribution in [3.8, 4) is 0 Å². The van der Waals surface area contributed by atoms with Crippen LogP contribution in [0, 0.1) is 18.6 Å². The first-order valence-electron chi connectivity index (χ1n) is 7.54. The molecule has 0 aliphatic rings. The first kappa shape index (κ1) is 17.6. The monoisotopic (exact) mass is 332 g/mol. The fourth-order valence-electron chi connectivity index (χ4n) is 2.26. The Kier molecular flexibility index (Phi) is 5.63. The normalized spacial score (nSPS) is 10.3. The quantitative estimate of drug-likeness (QED) is 0.883. The molecule has 0 saturated heterocycles. The number of halogens is 2. The van der Waals surface area contributed by atoms with Gasteiger partial charge in [0.05, 0.1) is 6.42 Å². The molecule has 0 bridgehead atoms. The molecule has 2 N–H and O–H groups in total. The fourth-order valence-corrected chi connectivity index (χ4v) is 2.26. The predicted octanol–water partition coefficient (Wildman–Crippen LogP) is 3.20. The maximum absolute atomic E-state index is 13.6. The highest BCUT2D eigenvalue weighted by Gasteiger charge is 2.14. The van der Waals surface area contributed by atoms with Crippen LogP contribution in [0.2, 0.25) is 0 Å². The minimum atomic E-state index is -0.756. The van der Waals surface area contributed by atoms with Crippen LogP contribution >= 0.6 is 0 Å². The fraction of sp³-hybridized carbons (Fsp3) is 0.222. The van der Waals surface area contributed by atoms with Gasteiger partial charge in [-0.05, 0) is 49.7 Å². The molecular formula is C18H18F2N2O2. The second kappa shape index (κ2) is 7.68. The third-order valence-electron chi connectivity index (χ3n) is 3.50. The van der Waals surface area contributed by atoms with Gasteiger partial charge in [-0.3, -0.25) is 9.59 Å². The summed E-state index contributed by atoms with van der Waals surface area (Å²) in [7, 11) is 0. The molecule has 0 aliphatic heterocycles. The van der Waals surface area contributed by atoms with Crippen LogP contribution < -0.4 is 10.6 Å². The van der Waals surface area contributed by atoms with E-state index in [0.717, 1.165) is 12.1 Å². The van der Waals surface area contributed by atoms with Crippen molar-refractivity contribution < 1.29 is 18.4 Å². The van der Waals surface area contributed by atoms with E-state index in [1.54, 1.807) is 25.1 Å². The number of amides is 2. The molecule has 4 nitrogen and oxygen atoms in total. The standard InChI is InChI=1S/C18H18F2N2O2/c1-3-21-18(24)12-7-8-16(11(2)9-12)22-17(23)10-13-14(19)5-4-6-15(13)20/h4-9H,3,10H2,1-2H3,(H,21,24)(H,22,23). The van der Waals surface area contributed by atoms with Crippen LogP contribution in [-0.4, -0.2) is 18.4 Å². The Hall–Kier alpha value is -2.76. The molecule has 0 spiro atoms. The average molecular weight is 332 g/mol. The van der Waals surface area contributed by atoms with Crippen LogP contribution in [0.1, 0.15) is 28.4 Å². The molecule has 0 unspecified atom stereocenters. The van der Waals surface area contributed by atoms with Gasteiger partial charge in [-0.15, -0.1) is 0 Å². The van der Waals surface area contributed by atoms with Gasteiger partial charge in [-0.2, -0.15) is 0 Å². The lowest BCUT2D eigenvalue weighted by Gasteiger charge is -2.11. The Morgan fingerprint density at radius 1 is 1.08 bits per heavy atom. The molecule has 126 valence electrons. The Morgan fingerprint density at radius 3 is 2.33 bits per heavy atom. The SMILES string of the molecule is CCNC(=O)c1ccc(NC(=O)Cc2c(F)cccc2F)c(C)c1. The molecule has 0 atom stereocenters. The van der Waals surface area contributed by atoms with Crippen LogP contribution in [0.25, 0.3) is 0 Å². The molecule has 2 aromatic rings. The third kappa shape index (κ3) is 4.16. The van der Waals surface area contributed by atoms with Crippen molar-refractivity contribution in [2.24, 2.45) is 0 Å². The number of carbonyl (C=O) groups excluding carboxylic acids is 2. The maximum Gasteiger partial charge on any atom is 0.251 e. The second-order valence-electron chi connectivity index (χ2n) is 5.31. The molecule has 0 heterocycles. The molecule has 0 aromatic heterocycles. The van der Waals surface area contributed by atoms with Crippen molar-refractivity contribution in [3.05, 3.63) is 64.7 Å². The first-order valence-corrected chi connectivity index (χ1v) is 7.54. The Morgan fingerprint density at radius 2 is 1.75 bits per heavy atom. The van der Waals surface area contributed by atoms with Crippen LogP contribution in [0.5, 0.6) is 0 Å². The molecule has 0 saturated carbocycles. The summed E-state index contributed by atoms with van der Waals surface area (Å²) in [6.45, 7) is 4.08. The van der Waals surface area contributed by atoms with Gasteiger partial charge in [0, 0.05) is 23.4 Å². The van der Waals surface area contributed by atoms with Crippen LogP contribution in [0.4, 0.5) is 14.5 Å². The molecule has 6 heteroatoms. The van der Waals surface area contributed by atoms with E-state index in [1.807, 2.05) is 6.92 Å². The molecular weight excluding hydrogens is 314 g/mol. The van der Waals surface area contributed by atoms with Gasteiger partial charge < -0.3 is 10.6 Å². The van der Waals surface area contributed by atoms with E-state index in [4.69, 9.17) is 0 Å². The number of aryl methyl sites for hydroxylation is 1. The molecule has 2 amide bonds. The molecule has 0 aliphatic carbocycles. The highest BCUT2D eigenvalue weighted by Crippen LogP contribution is 2.18. The zero-order valence-corrected chi connectivity index (χ0v) is 13.5. The van der Waals surface area contributed by atoms with E-state index < -0.39 is 24.0 Å². The van der Waals surface area contributed by atoms with Gasteiger partial charge in [0.2, 0.25) is 5.91 Å². The summed E-state index contributed by atoms with van der Waals surface area (Å²) >= 11 is 0. The maximum atomic E-state index is 13.6. The average Bonchev–Trinajstić information content (AvgIpc) is 2.53. The lowest BCUT2D eigenvalue weighted by Crippen LogP contribution is -2.23. The van der Waals surface area contributed by atoms with Crippen LogP contribution in [-0.2, 0) is 11.2 Å². The summed E-state index contributed by atoms with van der Waals surface area (Å²) in [5.41, 5.74) is 1.38. The van der Waals surface area contributed by atoms with E-state index >= 15 is 0 Å². The topological polar surface area (TPSA) is 58.2 Å². The van der Waals surface area contributed by atoms with Gasteiger partial charge in [-0.1, -0.05) is 6.07 Å². The van der Waals surface area contributed by atoms with Crippen LogP contribution in [0.3, 0.4) is 0 Å². The Labute approximate surface area is 138 Å². The molecule has 0 fully saturated rings. The number of rotatable bonds is 5. The number of benzene rings is 2. The summed E-state index contributed by atoms with van der Waals surface area (Å²) in [5.74, 6) is -2.25. The van der Waals surface area contributed by atoms with Gasteiger partial charge in [0.25, 0.3) is 5.91 Å². The van der Waals surface area contributed by atoms with E-state index in [9.17, 15) is 18.4 Å². The highest BCUT2D eigenvalue weighted by atomic mass is 19.1. The smallest absolute Gasteiger partial charge is 0.251 e. The Balaban J connectivity index is 2.11. The predicted molar refractivity (Wildman–Crippen MR) is 87.9 cm³/mol. The molecule has 24 heavy (non-hydrogen) atoms. The minimum absolute atomic E-state index is 0.202. The second-order valence-corrected chi connectivity index (χ2v) is 5.31. The highest BCUT2D eigenvalue weighted by molar-refractivity contribution is 5.97. The van der Waals surface area contributed by atoms with E-state index in [1.165, 1.54) is 6.07 Å². The zero-order chi connectivity index (χ0) is 17.7. The van der Waals surface area contributed by atoms with E-state index in [0.29, 0.717) is 23.4 Å². The van der Waals surface area contributed by atoms with Gasteiger partial charge in [-0.25, -0.2) is 8.78 Å². The van der Waals surface area contributed by atoms with Crippen LogP contribution in [0.15, 0.2) is 36.4 Å². The van der Waals surface area contributed by atoms with Gasteiger partial charge >= 0.3 is 0 Å². The Bertz CT molecular complexity index is 755. The number of hydrogen-bond acceptors (Lipinski definition) is 2. The van der Waals surface area contributed by atoms with Crippen molar-refractivity contribution in [2.45, 2.75) is 20.3 Å². The lowest BCUT2D eigenvalue weighted by molar-refractivity contribution is -0.115. The summed E-state index contributed by atoms with van der Waals surface area (Å²) in [4.78, 5) is 23.8. The van der Waals surface area contributed by atoms with Gasteiger partial charge in [0.15, 0.2) is 0 Å². The van der Waals surface area contributed by atoms with E-state index in [2.05, 4.69) is 10.6 Å². The van der Waals surface area contributed by atoms with E-state index in [-0.39, 0.29) is 11.5 Å². The number of hydrogen-bond donors (Lipinski definition) is 2. The first-order chi connectivity index (χ1) is 11.4. The summed E-state index contributed by atoms with van der Waals surface area (Å²) in [6, 6.07) is 8.28. The van der Waals surface area contributed by atoms with Crippen molar-refractivity contribution in [1.82, 2.24) is 5.32 Å². The molecule has 2 aromatic carbocycles. The third-order valence-corrected chi connectivity index (χ3v) is 3.50. The summed E-state index contributed by atoms with van der Waals surface area (Å²) in [6.07, 6.45) is -0.407. The lowest BCUT2D eigenvalue weighted by atomic mass is 10.1. The van der Waals surface area contributed by atoms with Gasteiger partial charge in [0.1, 0.15) is 11.6 Å². The number of carbonyl (C=O) groups is 2. The minimum Gasteiger partial charge on any atom is -0.352 e. The summed E-state index contributed by atoms with van der Waals surface area (Å²) in [5, 5.41) is 5.29. The number of anilines is 1. The summed E-state index contributed by atoms with van der Waals surface area (Å²) < 4.78 is 27.2. The van der Waals surface area contributed by atoms with Crippen molar-refractivity contribution in [2.75, 3.05) is 11.9 Å². The molecule has 2 rings (SSSR count). The van der Waals surface area contributed by atoms with Crippen molar-refractivity contribution in [1.29, 1.82) is 0 Å². The largest absolute Gasteiger partial charge is 0.352 e. The zero-order valence-electron chi connectivity index (χ0n) is 13.5. The molecule has 0 radical (unpaired) electrons. The van der Waals surface area contributed by atoms with Crippen molar-refractivity contribution >= 4 is 17.5 Å².